The zero-order valence-electron chi connectivity index (χ0n) is 59.9. The van der Waals surface area contributed by atoms with Gasteiger partial charge in [0.25, 0.3) is 35.4 Å². The molecule has 12 rings (SSSR count). The highest BCUT2D eigenvalue weighted by Gasteiger charge is 2.62. The van der Waals surface area contributed by atoms with E-state index >= 15 is 0 Å². The number of aliphatic hydroxyl groups is 2. The standard InChI is InChI=1S/C22H22F4N4O4.C19H18F4N4O4.C15H18FN3O4.C7H9FN2.C6H7FN2/c1-10-8-12(22(24,25)26)9-15(27-10)30-16(17-18(20(30)32)34-21(3,4)33-17)19(31)29(5)14-7-6-13(23)11(2)28-14;1-8-6-10(19(21,22)23)7-13(24-8)27-14(15(28)16(29)18(27)31)17(30)26(3)12-5-4-11(20)9(2)25-12;1-7-8(16)5-6-9(17-7)19(4)14(21)10-11-12(13(20)18-10)23-15(2,3)22-11;1-5-6(8)3-4-7(9-2)10-5;1-4-5(7)2-3-6(8)9-4/h6-9,16-18H,1-5H3;4-7,14-16,28-29H,1-3H3;5-6,10-12H,1-4H3,(H,18,20);3-4H,1-2H3,(H,9,10);2-3H,1H3,(H2,8,9)/t16-,17-,18-;14-,15-,16-;10-,11-,12-;;/m000../s1. The van der Waals surface area contributed by atoms with Gasteiger partial charge in [0.05, 0.1) is 39.6 Å². The van der Waals surface area contributed by atoms with Crippen molar-refractivity contribution in [2.75, 3.05) is 63.7 Å². The van der Waals surface area contributed by atoms with Crippen LogP contribution in [0.4, 0.5) is 89.0 Å². The highest BCUT2D eigenvalue weighted by molar-refractivity contribution is 6.12. The first-order chi connectivity index (χ1) is 49.6. The maximum Gasteiger partial charge on any atom is 0.416 e. The van der Waals surface area contributed by atoms with Crippen LogP contribution >= 0.6 is 0 Å². The van der Waals surface area contributed by atoms with Crippen LogP contribution in [0, 0.1) is 77.6 Å². The molecule has 0 aromatic carbocycles. The molecule has 7 aromatic rings. The predicted molar refractivity (Wildman–Crippen MR) is 361 cm³/mol. The smallest absolute Gasteiger partial charge is 0.387 e. The molecule has 0 radical (unpaired) electrons. The molecule has 38 heteroatoms. The number of anilines is 7. The lowest BCUT2D eigenvalue weighted by Crippen LogP contribution is -2.51. The fourth-order valence-electron chi connectivity index (χ4n) is 11.4. The Morgan fingerprint density at radius 2 is 0.879 bits per heavy atom. The molecular weight excluding hydrogens is 1440 g/mol. The van der Waals surface area contributed by atoms with Crippen molar-refractivity contribution in [2.45, 2.75) is 155 Å². The van der Waals surface area contributed by atoms with Crippen LogP contribution in [0.5, 0.6) is 0 Å². The number of carbonyl (C=O) groups excluding carboxylic acids is 6. The van der Waals surface area contributed by atoms with E-state index in [0.717, 1.165) is 39.0 Å². The third-order valence-corrected chi connectivity index (χ3v) is 16.8. The number of aliphatic hydroxyl groups excluding tert-OH is 2. The van der Waals surface area contributed by atoms with Crippen molar-refractivity contribution >= 4 is 76.2 Å². The van der Waals surface area contributed by atoms with Crippen molar-refractivity contribution in [3.63, 3.8) is 0 Å². The first kappa shape index (κ1) is 82.1. The Balaban J connectivity index is 0.000000182. The third kappa shape index (κ3) is 18.5. The van der Waals surface area contributed by atoms with E-state index in [0.29, 0.717) is 45.9 Å². The number of hydrogen-bond acceptors (Lipinski definition) is 21. The highest BCUT2D eigenvalue weighted by Crippen LogP contribution is 2.43. The van der Waals surface area contributed by atoms with Gasteiger partial charge in [-0.2, -0.15) is 26.3 Å². The summed E-state index contributed by atoms with van der Waals surface area (Å²) in [6, 6.07) is 11.8. The lowest BCUT2D eigenvalue weighted by molar-refractivity contribution is -0.164. The van der Waals surface area contributed by atoms with E-state index in [2.05, 4.69) is 45.5 Å². The second-order valence-electron chi connectivity index (χ2n) is 25.7. The largest absolute Gasteiger partial charge is 0.416 e. The average Bonchev–Trinajstić information content (AvgIpc) is 1.59. The molecule has 574 valence electrons. The summed E-state index contributed by atoms with van der Waals surface area (Å²) in [5.74, 6) is -8.23. The van der Waals surface area contributed by atoms with E-state index in [1.165, 1.54) is 103 Å². The Morgan fingerprint density at radius 1 is 0.505 bits per heavy atom. The lowest BCUT2D eigenvalue weighted by Gasteiger charge is -2.31. The first-order valence-corrected chi connectivity index (χ1v) is 32.2. The van der Waals surface area contributed by atoms with Crippen LogP contribution in [-0.2, 0) is 60.1 Å². The summed E-state index contributed by atoms with van der Waals surface area (Å²) < 4.78 is 168. The molecule has 6 amide bonds. The Morgan fingerprint density at radius 3 is 1.28 bits per heavy atom. The Labute approximate surface area is 604 Å². The zero-order chi connectivity index (χ0) is 79.8. The average molecular weight is 1510 g/mol. The minimum atomic E-state index is -4.76. The molecule has 0 unspecified atom stereocenters. The predicted octanol–water partition coefficient (Wildman–Crippen LogP) is 7.69. The van der Waals surface area contributed by atoms with Crippen molar-refractivity contribution in [1.82, 2.24) is 40.2 Å². The topological polar surface area (TPSA) is 336 Å². The molecule has 5 aliphatic rings. The fourth-order valence-corrected chi connectivity index (χ4v) is 11.4. The van der Waals surface area contributed by atoms with Crippen LogP contribution in [0.25, 0.3) is 0 Å². The molecular formula is C69H74F11N15O12. The number of aryl methyl sites for hydroxylation is 7. The number of pyridine rings is 7. The summed E-state index contributed by atoms with van der Waals surface area (Å²) in [5, 5.41) is 25.8. The number of nitrogen functional groups attached to an aromatic ring is 1. The van der Waals surface area contributed by atoms with E-state index in [1.54, 1.807) is 54.7 Å². The van der Waals surface area contributed by atoms with Gasteiger partial charge in [-0.15, -0.1) is 0 Å². The number of ether oxygens (including phenoxy) is 4. The number of rotatable bonds is 9. The number of aromatic nitrogens is 7. The van der Waals surface area contributed by atoms with Gasteiger partial charge in [0, 0.05) is 39.6 Å². The van der Waals surface area contributed by atoms with Gasteiger partial charge >= 0.3 is 12.4 Å². The Kier molecular flexibility index (Phi) is 24.5. The molecule has 0 bridgehead atoms. The number of alkyl halides is 6. The van der Waals surface area contributed by atoms with Gasteiger partial charge in [0.2, 0.25) is 0 Å². The van der Waals surface area contributed by atoms with Gasteiger partial charge in [0.15, 0.2) is 29.9 Å². The van der Waals surface area contributed by atoms with Crippen molar-refractivity contribution in [2.24, 2.45) is 0 Å². The van der Waals surface area contributed by atoms with E-state index in [9.17, 15) is 87.3 Å². The van der Waals surface area contributed by atoms with E-state index in [1.807, 2.05) is 0 Å². The number of nitrogens with zero attached hydrogens (tertiary/aromatic N) is 12. The third-order valence-electron chi connectivity index (χ3n) is 16.8. The van der Waals surface area contributed by atoms with Crippen molar-refractivity contribution in [3.05, 3.63) is 165 Å². The van der Waals surface area contributed by atoms with Crippen LogP contribution in [0.1, 0.15) is 78.7 Å². The van der Waals surface area contributed by atoms with Crippen LogP contribution < -0.4 is 40.9 Å². The molecule has 6 N–H and O–H groups in total. The summed E-state index contributed by atoms with van der Waals surface area (Å²) in [5.41, 5.74) is 4.01. The molecule has 0 spiro atoms. The molecule has 9 atom stereocenters. The molecule has 5 fully saturated rings. The summed E-state index contributed by atoms with van der Waals surface area (Å²) in [4.78, 5) is 109. The maximum absolute atomic E-state index is 13.7. The van der Waals surface area contributed by atoms with Crippen LogP contribution in [0.3, 0.4) is 0 Å². The van der Waals surface area contributed by atoms with Crippen LogP contribution in [0.2, 0.25) is 0 Å². The molecule has 5 saturated heterocycles. The van der Waals surface area contributed by atoms with Gasteiger partial charge in [-0.05, 0) is 161 Å². The number of amides is 6. The number of fused-ring (bicyclic) bond motifs is 2. The van der Waals surface area contributed by atoms with Gasteiger partial charge in [-0.1, -0.05) is 0 Å². The SMILES string of the molecule is CNc1ccc(F)c(C)n1.Cc1cc(C(F)(F)F)cc(N2C(=O)[C@@H](O)[C@@H](O)[C@H]2C(=O)N(C)c2ccc(F)c(C)n2)n1.Cc1cc(C(F)(F)F)cc(N2C(=O)[C@H]3OC(C)(C)O[C@H]3[C@H]2C(=O)N(C)c2ccc(F)c(C)n2)n1.Cc1nc(N(C)C(=O)[C@H]2NC(=O)[C@H]3OC(C)(C)O[C@@H]23)ccc1F.Cc1nc(N)ccc1F. The molecule has 0 saturated carbocycles. The second-order valence-corrected chi connectivity index (χ2v) is 25.7. The molecule has 5 aliphatic heterocycles. The Bertz CT molecular complexity index is 4560. The molecule has 12 heterocycles. The molecule has 107 heavy (non-hydrogen) atoms. The zero-order valence-corrected chi connectivity index (χ0v) is 59.9. The van der Waals surface area contributed by atoms with E-state index in [-0.39, 0.29) is 63.5 Å². The van der Waals surface area contributed by atoms with Gasteiger partial charge in [-0.25, -0.2) is 56.8 Å². The summed E-state index contributed by atoms with van der Waals surface area (Å²) >= 11 is 0. The quantitative estimate of drug-likeness (QED) is 0.0864. The monoisotopic (exact) mass is 1510 g/mol. The van der Waals surface area contributed by atoms with Crippen LogP contribution in [-0.4, -0.2) is 175 Å². The van der Waals surface area contributed by atoms with Gasteiger partial charge in [-0.3, -0.25) is 53.3 Å². The van der Waals surface area contributed by atoms with E-state index < -0.39 is 143 Å². The number of carbonyl (C=O) groups is 6. The van der Waals surface area contributed by atoms with Crippen molar-refractivity contribution < 1.29 is 106 Å². The van der Waals surface area contributed by atoms with E-state index in [4.69, 9.17) is 24.7 Å². The summed E-state index contributed by atoms with van der Waals surface area (Å²) in [6.07, 6.45) is -17.3. The summed E-state index contributed by atoms with van der Waals surface area (Å²) in [7, 11) is 5.86. The minimum Gasteiger partial charge on any atom is -0.387 e. The second kappa shape index (κ2) is 31.9. The highest BCUT2D eigenvalue weighted by atomic mass is 19.4. The normalized spacial score (nSPS) is 21.6. The Hall–Kier alpha value is -10.5. The molecule has 0 aliphatic carbocycles. The van der Waals surface area contributed by atoms with Crippen molar-refractivity contribution in [3.8, 4) is 0 Å². The number of halogens is 11. The van der Waals surface area contributed by atoms with Crippen molar-refractivity contribution in [1.29, 1.82) is 0 Å². The fraction of sp³-hybridized carbons (Fsp3) is 0.406. The number of nitrogens with two attached hydrogens (primary N) is 1. The maximum atomic E-state index is 13.7. The number of likely N-dealkylation sites (N-methyl/N-ethyl adjacent to an activating group) is 3. The minimum absolute atomic E-state index is 0.00670. The summed E-state index contributed by atoms with van der Waals surface area (Å²) in [6.45, 7) is 16.6. The molecule has 7 aromatic heterocycles. The first-order valence-electron chi connectivity index (χ1n) is 32.2. The number of nitrogens with one attached hydrogen (secondary N) is 2. The number of hydrogen-bond donors (Lipinski definition) is 5. The lowest BCUT2D eigenvalue weighted by atomic mass is 10.1. The molecule has 27 nitrogen and oxygen atoms in total. The van der Waals surface area contributed by atoms with Gasteiger partial charge in [0.1, 0.15) is 106 Å². The van der Waals surface area contributed by atoms with Crippen LogP contribution in [0.15, 0.2) is 84.9 Å². The van der Waals surface area contributed by atoms with Gasteiger partial charge < -0.3 is 45.5 Å².